The van der Waals surface area contributed by atoms with E-state index in [0.717, 1.165) is 26.1 Å². The molecule has 0 rings (SSSR count). The van der Waals surface area contributed by atoms with E-state index in [1.165, 1.54) is 66.4 Å². The zero-order valence-electron chi connectivity index (χ0n) is 43.3. The Kier molecular flexibility index (Phi) is 28.5. The molecular weight excluding hydrogens is 851 g/mol. The van der Waals surface area contributed by atoms with E-state index >= 15 is 0 Å². The van der Waals surface area contributed by atoms with Crippen molar-refractivity contribution in [3.05, 3.63) is 0 Å². The van der Waals surface area contributed by atoms with Gasteiger partial charge in [-0.05, 0) is 88.6 Å². The van der Waals surface area contributed by atoms with Crippen LogP contribution in [-0.2, 0) is 38.4 Å². The minimum atomic E-state index is -1.10. The van der Waals surface area contributed by atoms with Gasteiger partial charge in [-0.2, -0.15) is 0 Å². The number of amides is 8. The number of nitrogens with one attached hydrogen (secondary N) is 4. The number of hydrogen-bond acceptors (Lipinski definition) is 10. The van der Waals surface area contributed by atoms with Gasteiger partial charge in [-0.3, -0.25) is 38.4 Å². The van der Waals surface area contributed by atoms with Gasteiger partial charge in [0.25, 0.3) is 5.91 Å². The van der Waals surface area contributed by atoms with Gasteiger partial charge in [0.15, 0.2) is 5.37 Å². The molecule has 0 aliphatic rings. The largest absolute Gasteiger partial charge is 0.357 e. The fourth-order valence-corrected chi connectivity index (χ4v) is 8.71. The highest BCUT2D eigenvalue weighted by molar-refractivity contribution is 8.00. The van der Waals surface area contributed by atoms with Gasteiger partial charge in [-0.1, -0.05) is 82.6 Å². The molecule has 4 N–H and O–H groups in total. The Balaban J connectivity index is 6.42. The van der Waals surface area contributed by atoms with Crippen molar-refractivity contribution in [3.63, 3.8) is 0 Å². The lowest BCUT2D eigenvalue weighted by Gasteiger charge is -2.38. The van der Waals surface area contributed by atoms with Crippen LogP contribution in [0.25, 0.3) is 0 Å². The Bertz CT molecular complexity index is 1540. The summed E-state index contributed by atoms with van der Waals surface area (Å²) >= 11 is 1.39. The number of thioether (sulfide) groups is 1. The lowest BCUT2D eigenvalue weighted by atomic mass is 9.94. The predicted molar refractivity (Wildman–Crippen MR) is 260 cm³/mol. The highest BCUT2D eigenvalue weighted by atomic mass is 32.2. The maximum atomic E-state index is 14.4. The normalized spacial score (nSPS) is 15.2. The van der Waals surface area contributed by atoms with E-state index in [0.29, 0.717) is 25.0 Å². The van der Waals surface area contributed by atoms with Crippen molar-refractivity contribution in [2.24, 2.45) is 23.7 Å². The van der Waals surface area contributed by atoms with E-state index in [-0.39, 0.29) is 48.3 Å². The molecule has 0 heterocycles. The van der Waals surface area contributed by atoms with Gasteiger partial charge >= 0.3 is 0 Å². The molecule has 0 aliphatic heterocycles. The van der Waals surface area contributed by atoms with Gasteiger partial charge in [0, 0.05) is 41.7 Å². The van der Waals surface area contributed by atoms with Gasteiger partial charge in [0.05, 0.1) is 0 Å². The second kappa shape index (κ2) is 30.4. The number of carbonyl (C=O) groups excluding carboxylic acids is 8. The standard InChI is InChI=1S/C47H89N9O8S/c1-19-24-37(57)54(17)47(65-26-23-25-56(21-3)22-4)46(64)55(18)39(32(11)20-2)43(61)51-38(31(9)10)45(63)53(16)36(28-30(7)8)42(60)49-33(12)40(58)50-34(13)44(62)52(15)35(27-29(5)6)41(59)48-14/h29-36,38-39,47H,19-28H2,1-18H3,(H,48,59)(H,49,60)(H,50,58)(H,51,61)/t32?,33-,34+,35+,36+,38+,39+,47-/m1/s1. The monoisotopic (exact) mass is 940 g/mol. The summed E-state index contributed by atoms with van der Waals surface area (Å²) in [6.07, 6.45) is 2.93. The quantitative estimate of drug-likeness (QED) is 0.0610. The molecule has 376 valence electrons. The van der Waals surface area contributed by atoms with Crippen LogP contribution in [-0.4, -0.2) is 174 Å². The third kappa shape index (κ3) is 19.4. The Morgan fingerprint density at radius 1 is 0.569 bits per heavy atom. The molecular formula is C47H89N9O8S. The second-order valence-corrected chi connectivity index (χ2v) is 19.8. The van der Waals surface area contributed by atoms with Crippen molar-refractivity contribution in [1.82, 2.24) is 45.8 Å². The minimum Gasteiger partial charge on any atom is -0.357 e. The van der Waals surface area contributed by atoms with Crippen LogP contribution in [0.3, 0.4) is 0 Å². The van der Waals surface area contributed by atoms with Gasteiger partial charge in [0.2, 0.25) is 41.4 Å². The zero-order valence-corrected chi connectivity index (χ0v) is 44.1. The fraction of sp³-hybridized carbons (Fsp3) is 0.830. The summed E-state index contributed by atoms with van der Waals surface area (Å²) in [5, 5.41) is 10.0. The first-order chi connectivity index (χ1) is 30.3. The van der Waals surface area contributed by atoms with Crippen molar-refractivity contribution in [3.8, 4) is 0 Å². The van der Waals surface area contributed by atoms with Crippen LogP contribution in [0, 0.1) is 23.7 Å². The summed E-state index contributed by atoms with van der Waals surface area (Å²) in [6, 6.07) is -5.94. The molecule has 0 saturated carbocycles. The average molecular weight is 940 g/mol. The molecule has 17 nitrogen and oxygen atoms in total. The number of likely N-dealkylation sites (N-methyl/N-ethyl adjacent to an activating group) is 5. The summed E-state index contributed by atoms with van der Waals surface area (Å²) < 4.78 is 0. The Morgan fingerprint density at radius 3 is 1.54 bits per heavy atom. The van der Waals surface area contributed by atoms with Crippen LogP contribution >= 0.6 is 11.8 Å². The maximum Gasteiger partial charge on any atom is 0.256 e. The molecule has 0 radical (unpaired) electrons. The number of rotatable bonds is 30. The third-order valence-electron chi connectivity index (χ3n) is 12.0. The Hall–Kier alpha value is -3.93. The molecule has 0 aromatic carbocycles. The maximum absolute atomic E-state index is 14.4. The molecule has 8 amide bonds. The lowest BCUT2D eigenvalue weighted by molar-refractivity contribution is -0.148. The van der Waals surface area contributed by atoms with Crippen molar-refractivity contribution < 1.29 is 38.4 Å². The van der Waals surface area contributed by atoms with Crippen LogP contribution in [0.2, 0.25) is 0 Å². The first kappa shape index (κ1) is 61.1. The molecule has 0 spiro atoms. The van der Waals surface area contributed by atoms with E-state index in [1.54, 1.807) is 27.9 Å². The Labute approximate surface area is 396 Å². The zero-order chi connectivity index (χ0) is 50.5. The van der Waals surface area contributed by atoms with E-state index < -0.39 is 77.1 Å². The minimum absolute atomic E-state index is 0.0515. The summed E-state index contributed by atoms with van der Waals surface area (Å²) in [7, 11) is 7.71. The van der Waals surface area contributed by atoms with Gasteiger partial charge in [0.1, 0.15) is 36.3 Å². The molecule has 1 unspecified atom stereocenters. The molecule has 0 bridgehead atoms. The average Bonchev–Trinajstić information content (AvgIpc) is 3.25. The number of carbonyl (C=O) groups is 8. The van der Waals surface area contributed by atoms with Crippen molar-refractivity contribution in [2.75, 3.05) is 60.6 Å². The lowest BCUT2D eigenvalue weighted by Crippen LogP contribution is -2.61. The summed E-state index contributed by atoms with van der Waals surface area (Å²) in [5.74, 6) is -3.66. The summed E-state index contributed by atoms with van der Waals surface area (Å²) in [4.78, 5) is 118. The highest BCUT2D eigenvalue weighted by Crippen LogP contribution is 2.24. The van der Waals surface area contributed by atoms with Crippen molar-refractivity contribution >= 4 is 59.0 Å². The molecule has 0 aromatic heterocycles. The van der Waals surface area contributed by atoms with Gasteiger partial charge in [-0.25, -0.2) is 0 Å². The van der Waals surface area contributed by atoms with Crippen molar-refractivity contribution in [2.45, 2.75) is 170 Å². The molecule has 0 fully saturated rings. The molecule has 0 saturated heterocycles. The van der Waals surface area contributed by atoms with Crippen LogP contribution in [0.1, 0.15) is 129 Å². The number of nitrogens with zero attached hydrogens (tertiary/aromatic N) is 5. The summed E-state index contributed by atoms with van der Waals surface area (Å²) in [6.45, 7) is 26.8. The van der Waals surface area contributed by atoms with E-state index in [4.69, 9.17) is 0 Å². The van der Waals surface area contributed by atoms with E-state index in [9.17, 15) is 38.4 Å². The van der Waals surface area contributed by atoms with Crippen molar-refractivity contribution in [1.29, 1.82) is 0 Å². The molecule has 18 heteroatoms. The van der Waals surface area contributed by atoms with Crippen LogP contribution in [0.15, 0.2) is 0 Å². The van der Waals surface area contributed by atoms with Gasteiger partial charge in [-0.15, -0.1) is 11.8 Å². The molecule has 65 heavy (non-hydrogen) atoms. The molecule has 0 aliphatic carbocycles. The van der Waals surface area contributed by atoms with Crippen LogP contribution < -0.4 is 21.3 Å². The third-order valence-corrected chi connectivity index (χ3v) is 13.4. The first-order valence-corrected chi connectivity index (χ1v) is 24.8. The molecule has 8 atom stereocenters. The smallest absolute Gasteiger partial charge is 0.256 e. The molecule has 0 aromatic rings. The topological polar surface area (TPSA) is 201 Å². The predicted octanol–water partition coefficient (Wildman–Crippen LogP) is 3.55. The first-order valence-electron chi connectivity index (χ1n) is 23.8. The van der Waals surface area contributed by atoms with E-state index in [2.05, 4.69) is 40.0 Å². The second-order valence-electron chi connectivity index (χ2n) is 18.6. The van der Waals surface area contributed by atoms with Crippen LogP contribution in [0.4, 0.5) is 0 Å². The Morgan fingerprint density at radius 2 is 1.08 bits per heavy atom. The SMILES string of the molecule is CCCC(=O)N(C)[C@H](SCCCN(CC)CC)C(=O)N(C)[C@H](C(=O)N[C@H](C(=O)N(C)[C@@H](CC(C)C)C(=O)N[C@H](C)C(=O)N[C@@H](C)C(=O)N(C)[C@@H](CC(C)C)C(=O)NC)C(C)C)C(C)CC. The highest BCUT2D eigenvalue weighted by Gasteiger charge is 2.41. The van der Waals surface area contributed by atoms with Crippen LogP contribution in [0.5, 0.6) is 0 Å². The number of hydrogen-bond donors (Lipinski definition) is 4. The van der Waals surface area contributed by atoms with E-state index in [1.807, 2.05) is 48.5 Å². The summed E-state index contributed by atoms with van der Waals surface area (Å²) in [5.41, 5.74) is 0. The fourth-order valence-electron chi connectivity index (χ4n) is 7.54. The van der Waals surface area contributed by atoms with Gasteiger partial charge < -0.3 is 45.8 Å².